The highest BCUT2D eigenvalue weighted by Gasteiger charge is 2.29. The molecule has 0 bridgehead atoms. The molecule has 0 saturated heterocycles. The highest BCUT2D eigenvalue weighted by molar-refractivity contribution is 6.35. The van der Waals surface area contributed by atoms with E-state index in [9.17, 15) is 14.4 Å². The summed E-state index contributed by atoms with van der Waals surface area (Å²) < 4.78 is 5.74. The molecule has 3 amide bonds. The molecular weight excluding hydrogens is 445 g/mol. The number of aliphatic carboxylic acids is 1. The van der Waals surface area contributed by atoms with Crippen LogP contribution in [0.4, 0.5) is 16.2 Å². The lowest BCUT2D eigenvalue weighted by atomic mass is 10.1. The Morgan fingerprint density at radius 2 is 1.55 bits per heavy atom. The van der Waals surface area contributed by atoms with Crippen LogP contribution in [-0.4, -0.2) is 35.2 Å². The lowest BCUT2D eigenvalue weighted by Crippen LogP contribution is -2.46. The van der Waals surface area contributed by atoms with Crippen LogP contribution in [0.15, 0.2) is 42.5 Å². The molecule has 10 heteroatoms. The van der Waals surface area contributed by atoms with Gasteiger partial charge in [-0.05, 0) is 62.7 Å². The fraction of sp³-hybridized carbons (Fsp3) is 0.286. The van der Waals surface area contributed by atoms with E-state index in [-0.39, 0.29) is 18.9 Å². The molecule has 0 fully saturated rings. The Hall–Kier alpha value is -2.97. The van der Waals surface area contributed by atoms with Gasteiger partial charge in [0, 0.05) is 34.4 Å². The minimum atomic E-state index is -1.17. The van der Waals surface area contributed by atoms with Crippen LogP contribution in [0.3, 0.4) is 0 Å². The highest BCUT2D eigenvalue weighted by Crippen LogP contribution is 2.24. The normalized spacial score (nSPS) is 10.8. The molecule has 0 atom stereocenters. The fourth-order valence-electron chi connectivity index (χ4n) is 2.52. The molecule has 4 N–H and O–H groups in total. The number of halogens is 2. The SMILES string of the molecule is CC(C)(Oc1ccc(NC(=O)Nc2cc(Cl)cc(Cl)c2)cc1)C(=O)NCCCC(=O)O. The topological polar surface area (TPSA) is 117 Å². The van der Waals surface area contributed by atoms with Gasteiger partial charge in [0.1, 0.15) is 5.75 Å². The predicted octanol–water partition coefficient (Wildman–Crippen LogP) is 4.78. The van der Waals surface area contributed by atoms with Crippen molar-refractivity contribution in [2.75, 3.05) is 17.2 Å². The van der Waals surface area contributed by atoms with Crippen molar-refractivity contribution in [3.8, 4) is 5.75 Å². The molecule has 0 spiro atoms. The molecule has 2 rings (SSSR count). The summed E-state index contributed by atoms with van der Waals surface area (Å²) in [5.74, 6) is -0.846. The van der Waals surface area contributed by atoms with Gasteiger partial charge in [-0.3, -0.25) is 9.59 Å². The van der Waals surface area contributed by atoms with Gasteiger partial charge in [-0.2, -0.15) is 0 Å². The third-order valence-corrected chi connectivity index (χ3v) is 4.44. The van der Waals surface area contributed by atoms with E-state index in [4.69, 9.17) is 33.0 Å². The van der Waals surface area contributed by atoms with Crippen LogP contribution in [0.5, 0.6) is 5.75 Å². The van der Waals surface area contributed by atoms with Crippen molar-refractivity contribution in [1.29, 1.82) is 0 Å². The van der Waals surface area contributed by atoms with Crippen LogP contribution >= 0.6 is 23.2 Å². The molecule has 0 aliphatic rings. The Morgan fingerprint density at radius 1 is 0.968 bits per heavy atom. The Bertz CT molecular complexity index is 928. The van der Waals surface area contributed by atoms with E-state index in [1.54, 1.807) is 56.3 Å². The van der Waals surface area contributed by atoms with Crippen LogP contribution in [0.25, 0.3) is 0 Å². The van der Waals surface area contributed by atoms with Crippen LogP contribution in [0.1, 0.15) is 26.7 Å². The standard InChI is InChI=1S/C21H23Cl2N3O5/c1-21(2,19(29)24-9-3-4-18(27)28)31-17-7-5-15(6-8-17)25-20(30)26-16-11-13(22)10-14(23)12-16/h5-8,10-12H,3-4,9H2,1-2H3,(H,24,29)(H,27,28)(H2,25,26,30). The number of carboxylic acid groups (broad SMARTS) is 1. The zero-order chi connectivity index (χ0) is 23.0. The number of rotatable bonds is 9. The number of hydrogen-bond acceptors (Lipinski definition) is 4. The summed E-state index contributed by atoms with van der Waals surface area (Å²) in [7, 11) is 0. The van der Waals surface area contributed by atoms with Crippen molar-refractivity contribution in [2.45, 2.75) is 32.3 Å². The molecule has 2 aromatic carbocycles. The van der Waals surface area contributed by atoms with E-state index in [1.807, 2.05) is 0 Å². The number of anilines is 2. The third-order valence-electron chi connectivity index (χ3n) is 4.01. The number of carboxylic acids is 1. The van der Waals surface area contributed by atoms with E-state index in [1.165, 1.54) is 0 Å². The molecular formula is C21H23Cl2N3O5. The first kappa shape index (κ1) is 24.3. The molecule has 8 nitrogen and oxygen atoms in total. The number of urea groups is 1. The minimum absolute atomic E-state index is 0.0199. The molecule has 31 heavy (non-hydrogen) atoms. The molecule has 166 valence electrons. The van der Waals surface area contributed by atoms with E-state index in [2.05, 4.69) is 16.0 Å². The van der Waals surface area contributed by atoms with E-state index in [0.29, 0.717) is 33.6 Å². The summed E-state index contributed by atoms with van der Waals surface area (Å²) in [6, 6.07) is 10.7. The molecule has 0 aliphatic heterocycles. The maximum Gasteiger partial charge on any atom is 0.323 e. The van der Waals surface area contributed by atoms with E-state index in [0.717, 1.165) is 0 Å². The average molecular weight is 468 g/mol. The van der Waals surface area contributed by atoms with Gasteiger partial charge in [-0.15, -0.1) is 0 Å². The predicted molar refractivity (Wildman–Crippen MR) is 120 cm³/mol. The zero-order valence-electron chi connectivity index (χ0n) is 17.0. The second kappa shape index (κ2) is 10.9. The van der Waals surface area contributed by atoms with Crippen molar-refractivity contribution < 1.29 is 24.2 Å². The number of amides is 3. The van der Waals surface area contributed by atoms with Gasteiger partial charge < -0.3 is 25.8 Å². The summed E-state index contributed by atoms with van der Waals surface area (Å²) in [5.41, 5.74) is -0.207. The van der Waals surface area contributed by atoms with E-state index < -0.39 is 17.6 Å². The van der Waals surface area contributed by atoms with Gasteiger partial charge in [0.05, 0.1) is 0 Å². The van der Waals surface area contributed by atoms with Gasteiger partial charge in [0.25, 0.3) is 5.91 Å². The summed E-state index contributed by atoms with van der Waals surface area (Å²) in [6.45, 7) is 3.46. The molecule has 0 unspecified atom stereocenters. The van der Waals surface area contributed by atoms with Crippen molar-refractivity contribution >= 4 is 52.5 Å². The lowest BCUT2D eigenvalue weighted by Gasteiger charge is -2.25. The Labute approximate surface area is 189 Å². The second-order valence-electron chi connectivity index (χ2n) is 7.13. The van der Waals surface area contributed by atoms with Crippen molar-refractivity contribution in [3.63, 3.8) is 0 Å². The van der Waals surface area contributed by atoms with Gasteiger partial charge in [-0.1, -0.05) is 23.2 Å². The number of ether oxygens (including phenoxy) is 1. The van der Waals surface area contributed by atoms with Crippen LogP contribution in [-0.2, 0) is 9.59 Å². The summed E-state index contributed by atoms with van der Waals surface area (Å²) >= 11 is 11.8. The maximum absolute atomic E-state index is 12.3. The number of carbonyl (C=O) groups excluding carboxylic acids is 2. The smallest absolute Gasteiger partial charge is 0.323 e. The maximum atomic E-state index is 12.3. The highest BCUT2D eigenvalue weighted by atomic mass is 35.5. The quantitative estimate of drug-likeness (QED) is 0.396. The zero-order valence-corrected chi connectivity index (χ0v) is 18.5. The Morgan fingerprint density at radius 3 is 2.13 bits per heavy atom. The first-order chi connectivity index (χ1) is 14.5. The van der Waals surface area contributed by atoms with Gasteiger partial charge in [0.2, 0.25) is 0 Å². The minimum Gasteiger partial charge on any atom is -0.481 e. The monoisotopic (exact) mass is 467 g/mol. The summed E-state index contributed by atoms with van der Waals surface area (Å²) in [4.78, 5) is 34.9. The largest absolute Gasteiger partial charge is 0.481 e. The van der Waals surface area contributed by atoms with Crippen molar-refractivity contribution in [2.24, 2.45) is 0 Å². The van der Waals surface area contributed by atoms with E-state index >= 15 is 0 Å². The number of hydrogen-bond donors (Lipinski definition) is 4. The Balaban J connectivity index is 1.88. The lowest BCUT2D eigenvalue weighted by molar-refractivity contribution is -0.138. The molecule has 0 heterocycles. The number of benzene rings is 2. The molecule has 0 aliphatic carbocycles. The van der Waals surface area contributed by atoms with Gasteiger partial charge in [-0.25, -0.2) is 4.79 Å². The summed E-state index contributed by atoms with van der Waals surface area (Å²) in [5, 5.41) is 17.4. The number of carbonyl (C=O) groups is 3. The Kier molecular flexibility index (Phi) is 8.53. The second-order valence-corrected chi connectivity index (χ2v) is 8.00. The molecule has 2 aromatic rings. The number of nitrogens with one attached hydrogen (secondary N) is 3. The molecule has 0 aromatic heterocycles. The van der Waals surface area contributed by atoms with Crippen LogP contribution in [0.2, 0.25) is 10.0 Å². The third kappa shape index (κ3) is 8.35. The molecule has 0 radical (unpaired) electrons. The first-order valence-corrected chi connectivity index (χ1v) is 10.1. The van der Waals surface area contributed by atoms with Crippen molar-refractivity contribution in [1.82, 2.24) is 5.32 Å². The molecule has 0 saturated carbocycles. The first-order valence-electron chi connectivity index (χ1n) is 9.38. The van der Waals surface area contributed by atoms with Crippen molar-refractivity contribution in [3.05, 3.63) is 52.5 Å². The van der Waals surface area contributed by atoms with Gasteiger partial charge >= 0.3 is 12.0 Å². The average Bonchev–Trinajstić information content (AvgIpc) is 2.65. The summed E-state index contributed by atoms with van der Waals surface area (Å²) in [6.07, 6.45) is 0.314. The fourth-order valence-corrected chi connectivity index (χ4v) is 3.05. The van der Waals surface area contributed by atoms with Crippen LogP contribution < -0.4 is 20.7 Å². The van der Waals surface area contributed by atoms with Gasteiger partial charge in [0.15, 0.2) is 5.60 Å². The van der Waals surface area contributed by atoms with Crippen LogP contribution in [0, 0.1) is 0 Å².